The highest BCUT2D eigenvalue weighted by Crippen LogP contribution is 2.36. The summed E-state index contributed by atoms with van der Waals surface area (Å²) in [5, 5.41) is 12.9. The van der Waals surface area contributed by atoms with E-state index in [1.165, 1.54) is 35.2 Å². The first-order valence-corrected chi connectivity index (χ1v) is 11.3. The maximum Gasteiger partial charge on any atom is 0.244 e. The fourth-order valence-electron chi connectivity index (χ4n) is 3.20. The fraction of sp³-hybridized carbons (Fsp3) is 0.125. The number of aromatic nitrogens is 2. The molecule has 0 aliphatic carbocycles. The summed E-state index contributed by atoms with van der Waals surface area (Å²) in [6.45, 7) is 1.59. The first kappa shape index (κ1) is 24.4. The second kappa shape index (κ2) is 10.2. The number of amides is 1. The number of anilines is 3. The number of rotatable bonds is 9. The lowest BCUT2D eigenvalue weighted by Gasteiger charge is -2.26. The molecule has 0 bridgehead atoms. The smallest absolute Gasteiger partial charge is 0.244 e. The average Bonchev–Trinajstić information content (AvgIpc) is 3.50. The molecule has 0 spiro atoms. The molecule has 1 amide bonds. The van der Waals surface area contributed by atoms with Crippen molar-refractivity contribution >= 4 is 39.7 Å². The molecule has 0 saturated heterocycles. The Morgan fingerprint density at radius 3 is 2.56 bits per heavy atom. The van der Waals surface area contributed by atoms with E-state index >= 15 is 0 Å². The third-order valence-electron chi connectivity index (χ3n) is 5.11. The van der Waals surface area contributed by atoms with Gasteiger partial charge in [0.15, 0.2) is 5.13 Å². The average molecular weight is 507 g/mol. The van der Waals surface area contributed by atoms with E-state index in [2.05, 4.69) is 10.1 Å². The van der Waals surface area contributed by atoms with Crippen LogP contribution in [-0.2, 0) is 11.4 Å². The van der Waals surface area contributed by atoms with Gasteiger partial charge >= 0.3 is 0 Å². The van der Waals surface area contributed by atoms with Gasteiger partial charge in [0.25, 0.3) is 0 Å². The molecule has 1 atom stereocenters. The Morgan fingerprint density at radius 1 is 1.22 bits per heavy atom. The molecule has 0 unspecified atom stereocenters. The van der Waals surface area contributed by atoms with Crippen molar-refractivity contribution in [1.82, 2.24) is 10.1 Å². The fourth-order valence-corrected chi connectivity index (χ4v) is 4.23. The van der Waals surface area contributed by atoms with Gasteiger partial charge in [-0.3, -0.25) is 9.59 Å². The molecule has 4 N–H and O–H groups in total. The number of ether oxygens (including phenoxy) is 1. The Hall–Kier alpha value is -4.76. The molecule has 2 aromatic heterocycles. The summed E-state index contributed by atoms with van der Waals surface area (Å²) in [5.74, 6) is -1.29. The first-order chi connectivity index (χ1) is 17.3. The van der Waals surface area contributed by atoms with Crippen LogP contribution in [0, 0.1) is 17.1 Å². The second-order valence-corrected chi connectivity index (χ2v) is 8.55. The normalized spacial score (nSPS) is 11.5. The standard InChI is InChI=1S/C24H19FN6O4S/c1-13(23(28)33)31(17-6-4-15(25)5-7-17)24-29-22(27)21(36-24)20(32)19-10-16(30-35-19)12-34-18-8-2-14(11-26)3-9-18/h2-10,13H,12,27H2,1H3,(H2,28,33)/t13-/m1/s1. The summed E-state index contributed by atoms with van der Waals surface area (Å²) in [7, 11) is 0. The lowest BCUT2D eigenvalue weighted by Crippen LogP contribution is -2.39. The van der Waals surface area contributed by atoms with E-state index in [9.17, 15) is 14.0 Å². The van der Waals surface area contributed by atoms with Crippen molar-refractivity contribution in [2.24, 2.45) is 5.73 Å². The maximum absolute atomic E-state index is 13.4. The number of nitrogens with two attached hydrogens (primary N) is 2. The third-order valence-corrected chi connectivity index (χ3v) is 6.18. The topological polar surface area (TPSA) is 161 Å². The van der Waals surface area contributed by atoms with Crippen LogP contribution >= 0.6 is 11.3 Å². The van der Waals surface area contributed by atoms with Crippen LogP contribution in [0.4, 0.5) is 21.0 Å². The molecule has 2 aromatic carbocycles. The van der Waals surface area contributed by atoms with Crippen molar-refractivity contribution < 1.29 is 23.2 Å². The molecule has 0 radical (unpaired) electrons. The molecule has 4 rings (SSSR count). The highest BCUT2D eigenvalue weighted by Gasteiger charge is 2.28. The van der Waals surface area contributed by atoms with Gasteiger partial charge in [0.1, 0.15) is 40.6 Å². The van der Waals surface area contributed by atoms with Crippen LogP contribution in [0.15, 0.2) is 59.1 Å². The van der Waals surface area contributed by atoms with Gasteiger partial charge in [-0.05, 0) is 55.5 Å². The van der Waals surface area contributed by atoms with Crippen LogP contribution < -0.4 is 21.1 Å². The van der Waals surface area contributed by atoms with Gasteiger partial charge in [-0.15, -0.1) is 0 Å². The molecule has 4 aromatic rings. The minimum absolute atomic E-state index is 0.0283. The molecule has 12 heteroatoms. The van der Waals surface area contributed by atoms with Gasteiger partial charge in [-0.2, -0.15) is 5.26 Å². The quantitative estimate of drug-likeness (QED) is 0.323. The van der Waals surface area contributed by atoms with E-state index in [4.69, 9.17) is 26.0 Å². The zero-order valence-corrected chi connectivity index (χ0v) is 19.7. The van der Waals surface area contributed by atoms with Crippen LogP contribution in [0.1, 0.15) is 33.6 Å². The largest absolute Gasteiger partial charge is 0.487 e. The van der Waals surface area contributed by atoms with Crippen LogP contribution in [-0.4, -0.2) is 27.9 Å². The lowest BCUT2D eigenvalue weighted by atomic mass is 10.2. The zero-order valence-electron chi connectivity index (χ0n) is 18.8. The molecule has 0 saturated carbocycles. The van der Waals surface area contributed by atoms with Crippen molar-refractivity contribution in [1.29, 1.82) is 5.26 Å². The summed E-state index contributed by atoms with van der Waals surface area (Å²) in [6, 6.07) is 14.5. The summed E-state index contributed by atoms with van der Waals surface area (Å²) in [6.07, 6.45) is 0. The molecule has 0 aliphatic rings. The number of nitriles is 1. The number of carbonyl (C=O) groups is 2. The van der Waals surface area contributed by atoms with E-state index in [-0.39, 0.29) is 28.2 Å². The van der Waals surface area contributed by atoms with Crippen molar-refractivity contribution in [3.8, 4) is 11.8 Å². The first-order valence-electron chi connectivity index (χ1n) is 10.5. The minimum atomic E-state index is -0.861. The molecule has 0 aliphatic heterocycles. The number of hydrogen-bond acceptors (Lipinski definition) is 10. The summed E-state index contributed by atoms with van der Waals surface area (Å²) in [4.78, 5) is 30.8. The number of thiazole rings is 1. The van der Waals surface area contributed by atoms with Gasteiger partial charge in [0.2, 0.25) is 17.5 Å². The number of ketones is 1. The van der Waals surface area contributed by atoms with E-state index in [1.54, 1.807) is 31.2 Å². The number of benzene rings is 2. The highest BCUT2D eigenvalue weighted by atomic mass is 32.1. The SMILES string of the molecule is C[C@H](C(N)=O)N(c1ccc(F)cc1)c1nc(N)c(C(=O)c2cc(COc3ccc(C#N)cc3)no2)s1. The highest BCUT2D eigenvalue weighted by molar-refractivity contribution is 7.18. The number of carbonyl (C=O) groups excluding carboxylic acids is 2. The van der Waals surface area contributed by atoms with Crippen molar-refractivity contribution in [3.63, 3.8) is 0 Å². The Balaban J connectivity index is 1.54. The third kappa shape index (κ3) is 5.16. The van der Waals surface area contributed by atoms with Gasteiger partial charge in [-0.1, -0.05) is 16.5 Å². The van der Waals surface area contributed by atoms with E-state index in [0.717, 1.165) is 11.3 Å². The van der Waals surface area contributed by atoms with Gasteiger partial charge in [0.05, 0.1) is 11.6 Å². The van der Waals surface area contributed by atoms with Gasteiger partial charge in [-0.25, -0.2) is 9.37 Å². The summed E-state index contributed by atoms with van der Waals surface area (Å²) in [5.41, 5.74) is 12.8. The van der Waals surface area contributed by atoms with Crippen molar-refractivity contribution in [3.05, 3.63) is 82.3 Å². The van der Waals surface area contributed by atoms with Crippen LogP contribution in [0.2, 0.25) is 0 Å². The van der Waals surface area contributed by atoms with Crippen LogP contribution in [0.3, 0.4) is 0 Å². The Kier molecular flexibility index (Phi) is 6.93. The van der Waals surface area contributed by atoms with E-state index in [0.29, 0.717) is 22.7 Å². The Bertz CT molecular complexity index is 1440. The number of hydrogen-bond donors (Lipinski definition) is 2. The number of nitrogens with zero attached hydrogens (tertiary/aromatic N) is 4. The van der Waals surface area contributed by atoms with E-state index in [1.807, 2.05) is 6.07 Å². The Labute approximate surface area is 208 Å². The number of primary amides is 1. The molecule has 10 nitrogen and oxygen atoms in total. The minimum Gasteiger partial charge on any atom is -0.487 e. The Morgan fingerprint density at radius 2 is 1.92 bits per heavy atom. The van der Waals surface area contributed by atoms with Crippen molar-refractivity contribution in [2.45, 2.75) is 19.6 Å². The van der Waals surface area contributed by atoms with Crippen LogP contribution in [0.5, 0.6) is 5.75 Å². The predicted molar refractivity (Wildman–Crippen MR) is 129 cm³/mol. The summed E-state index contributed by atoms with van der Waals surface area (Å²) < 4.78 is 24.2. The van der Waals surface area contributed by atoms with Crippen molar-refractivity contribution in [2.75, 3.05) is 10.6 Å². The number of halogens is 1. The molecule has 0 fully saturated rings. The lowest BCUT2D eigenvalue weighted by molar-refractivity contribution is -0.118. The maximum atomic E-state index is 13.4. The molecule has 182 valence electrons. The summed E-state index contributed by atoms with van der Waals surface area (Å²) >= 11 is 0.932. The zero-order chi connectivity index (χ0) is 25.8. The van der Waals surface area contributed by atoms with Gasteiger partial charge < -0.3 is 25.6 Å². The predicted octanol–water partition coefficient (Wildman–Crippen LogP) is 3.55. The molecule has 36 heavy (non-hydrogen) atoms. The second-order valence-electron chi connectivity index (χ2n) is 7.57. The monoisotopic (exact) mass is 506 g/mol. The molecular weight excluding hydrogens is 487 g/mol. The van der Waals surface area contributed by atoms with Crippen LogP contribution in [0.25, 0.3) is 0 Å². The molecule has 2 heterocycles. The number of nitrogen functional groups attached to an aromatic ring is 1. The molecular formula is C24H19FN6O4S. The van der Waals surface area contributed by atoms with Gasteiger partial charge in [0, 0.05) is 11.8 Å². The van der Waals surface area contributed by atoms with E-state index < -0.39 is 23.5 Å².